The number of fused-ring (bicyclic) bond motifs is 5. The summed E-state index contributed by atoms with van der Waals surface area (Å²) < 4.78 is 4.96. The van der Waals surface area contributed by atoms with E-state index in [1.807, 2.05) is 0 Å². The van der Waals surface area contributed by atoms with Crippen LogP contribution in [0.5, 0.6) is 0 Å². The van der Waals surface area contributed by atoms with Crippen molar-refractivity contribution in [1.82, 2.24) is 0 Å². The average Bonchev–Trinajstić information content (AvgIpc) is 2.90. The quantitative estimate of drug-likeness (QED) is 0.564. The second kappa shape index (κ2) is 5.82. The Labute approximate surface area is 150 Å². The van der Waals surface area contributed by atoms with Gasteiger partial charge in [0.1, 0.15) is 0 Å². The van der Waals surface area contributed by atoms with Gasteiger partial charge in [-0.15, -0.1) is 0 Å². The molecule has 4 heteroatoms. The highest BCUT2D eigenvalue weighted by molar-refractivity contribution is 5.73. The standard InChI is InChI=1S/C21H32O4/c1-20-8-6-12(19(24)25-3)10-13(20)11-16(22)18-14-4-5-17(23)21(14,2)9-7-15(18)20/h11-12,14-18,22-23H,4-10H2,1-3H3/t12-,14-,15-,16-,17-,18-,20-,21-/m0/s1. The summed E-state index contributed by atoms with van der Waals surface area (Å²) in [5.41, 5.74) is 1.32. The van der Waals surface area contributed by atoms with Crippen LogP contribution in [0, 0.1) is 34.5 Å². The normalized spacial score (nSPS) is 51.8. The smallest absolute Gasteiger partial charge is 0.308 e. The third-order valence-corrected chi connectivity index (χ3v) is 8.61. The number of aliphatic hydroxyl groups excluding tert-OH is 2. The zero-order valence-corrected chi connectivity index (χ0v) is 15.7. The van der Waals surface area contributed by atoms with Gasteiger partial charge in [0.05, 0.1) is 25.2 Å². The Balaban J connectivity index is 1.66. The SMILES string of the molecule is COC(=O)[C@H]1CC[C@@]2(C)C(=C[C@H](O)[C@H]3[C@@H]4CC[C@H](O)[C@@]4(C)CC[C@@H]32)C1. The summed E-state index contributed by atoms with van der Waals surface area (Å²) in [5.74, 6) is 0.943. The van der Waals surface area contributed by atoms with Gasteiger partial charge in [0, 0.05) is 0 Å². The van der Waals surface area contributed by atoms with Crippen LogP contribution in [0.15, 0.2) is 11.6 Å². The molecule has 0 bridgehead atoms. The van der Waals surface area contributed by atoms with Gasteiger partial charge >= 0.3 is 5.97 Å². The number of allylic oxidation sites excluding steroid dienone is 1. The molecule has 4 rings (SSSR count). The van der Waals surface area contributed by atoms with Crippen LogP contribution < -0.4 is 0 Å². The lowest BCUT2D eigenvalue weighted by molar-refractivity contribution is -0.148. The van der Waals surface area contributed by atoms with Crippen molar-refractivity contribution in [3.8, 4) is 0 Å². The maximum atomic E-state index is 12.0. The molecule has 0 aliphatic heterocycles. The molecule has 2 N–H and O–H groups in total. The Hall–Kier alpha value is -0.870. The number of esters is 1. The van der Waals surface area contributed by atoms with Crippen molar-refractivity contribution in [2.24, 2.45) is 34.5 Å². The minimum absolute atomic E-state index is 0.0347. The maximum absolute atomic E-state index is 12.0. The molecule has 4 aliphatic carbocycles. The highest BCUT2D eigenvalue weighted by Gasteiger charge is 2.60. The molecule has 0 amide bonds. The van der Waals surface area contributed by atoms with E-state index in [0.29, 0.717) is 11.8 Å². The second-order valence-electron chi connectivity index (χ2n) is 9.49. The summed E-state index contributed by atoms with van der Waals surface area (Å²) in [7, 11) is 1.46. The average molecular weight is 348 g/mol. The first kappa shape index (κ1) is 17.5. The summed E-state index contributed by atoms with van der Waals surface area (Å²) in [5, 5.41) is 21.5. The van der Waals surface area contributed by atoms with Crippen molar-refractivity contribution in [3.05, 3.63) is 11.6 Å². The van der Waals surface area contributed by atoms with E-state index < -0.39 is 6.10 Å². The lowest BCUT2D eigenvalue weighted by Crippen LogP contribution is -2.55. The number of ether oxygens (including phenoxy) is 1. The number of carbonyl (C=O) groups is 1. The van der Waals surface area contributed by atoms with E-state index in [0.717, 1.165) is 44.9 Å². The molecule has 0 unspecified atom stereocenters. The predicted octanol–water partition coefficient (Wildman–Crippen LogP) is 3.07. The topological polar surface area (TPSA) is 66.8 Å². The van der Waals surface area contributed by atoms with E-state index in [2.05, 4.69) is 19.9 Å². The molecule has 140 valence electrons. The highest BCUT2D eigenvalue weighted by atomic mass is 16.5. The van der Waals surface area contributed by atoms with Crippen LogP contribution >= 0.6 is 0 Å². The number of rotatable bonds is 1. The fourth-order valence-corrected chi connectivity index (χ4v) is 6.99. The molecule has 0 spiro atoms. The molecule has 0 radical (unpaired) electrons. The van der Waals surface area contributed by atoms with Gasteiger partial charge in [-0.3, -0.25) is 4.79 Å². The first-order valence-electron chi connectivity index (χ1n) is 9.96. The summed E-state index contributed by atoms with van der Waals surface area (Å²) in [6, 6.07) is 0. The Kier molecular flexibility index (Phi) is 4.08. The van der Waals surface area contributed by atoms with Crippen molar-refractivity contribution in [3.63, 3.8) is 0 Å². The van der Waals surface area contributed by atoms with Crippen LogP contribution in [-0.2, 0) is 9.53 Å². The molecule has 0 aromatic rings. The Morgan fingerprint density at radius 2 is 1.88 bits per heavy atom. The largest absolute Gasteiger partial charge is 0.469 e. The molecule has 4 nitrogen and oxygen atoms in total. The molecule has 0 heterocycles. The van der Waals surface area contributed by atoms with E-state index in [9.17, 15) is 15.0 Å². The van der Waals surface area contributed by atoms with E-state index in [1.54, 1.807) is 0 Å². The van der Waals surface area contributed by atoms with Gasteiger partial charge in [0.25, 0.3) is 0 Å². The van der Waals surface area contributed by atoms with Crippen molar-refractivity contribution in [2.45, 2.75) is 71.0 Å². The number of carbonyl (C=O) groups excluding carboxylic acids is 1. The summed E-state index contributed by atoms with van der Waals surface area (Å²) in [4.78, 5) is 12.0. The van der Waals surface area contributed by atoms with Crippen LogP contribution in [0.2, 0.25) is 0 Å². The van der Waals surface area contributed by atoms with Gasteiger partial charge in [-0.25, -0.2) is 0 Å². The first-order valence-corrected chi connectivity index (χ1v) is 9.96. The van der Waals surface area contributed by atoms with Gasteiger partial charge < -0.3 is 14.9 Å². The summed E-state index contributed by atoms with van der Waals surface area (Å²) in [6.07, 6.45) is 8.02. The van der Waals surface area contributed by atoms with Crippen LogP contribution in [0.25, 0.3) is 0 Å². The molecular weight excluding hydrogens is 316 g/mol. The van der Waals surface area contributed by atoms with E-state index in [4.69, 9.17) is 4.74 Å². The zero-order chi connectivity index (χ0) is 18.0. The third kappa shape index (κ3) is 2.36. The monoisotopic (exact) mass is 348 g/mol. The predicted molar refractivity (Wildman–Crippen MR) is 94.6 cm³/mol. The minimum atomic E-state index is -0.445. The Morgan fingerprint density at radius 3 is 2.60 bits per heavy atom. The van der Waals surface area contributed by atoms with Gasteiger partial charge in [-0.1, -0.05) is 25.5 Å². The molecule has 0 aromatic heterocycles. The zero-order valence-electron chi connectivity index (χ0n) is 15.7. The fraction of sp³-hybridized carbons (Fsp3) is 0.857. The summed E-state index contributed by atoms with van der Waals surface area (Å²) in [6.45, 7) is 4.58. The fourth-order valence-electron chi connectivity index (χ4n) is 6.99. The molecule has 25 heavy (non-hydrogen) atoms. The Morgan fingerprint density at radius 1 is 1.12 bits per heavy atom. The third-order valence-electron chi connectivity index (χ3n) is 8.61. The molecule has 3 fully saturated rings. The molecule has 8 atom stereocenters. The number of aliphatic hydroxyl groups is 2. The van der Waals surface area contributed by atoms with Crippen LogP contribution in [0.4, 0.5) is 0 Å². The van der Waals surface area contributed by atoms with Gasteiger partial charge in [-0.05, 0) is 73.5 Å². The molecule has 4 aliphatic rings. The van der Waals surface area contributed by atoms with Crippen LogP contribution in [0.3, 0.4) is 0 Å². The molecule has 0 saturated heterocycles. The maximum Gasteiger partial charge on any atom is 0.308 e. The Bertz CT molecular complexity index is 599. The van der Waals surface area contributed by atoms with Crippen molar-refractivity contribution in [1.29, 1.82) is 0 Å². The van der Waals surface area contributed by atoms with Crippen molar-refractivity contribution < 1.29 is 19.7 Å². The first-order chi connectivity index (χ1) is 11.8. The van der Waals surface area contributed by atoms with Gasteiger partial charge in [0.2, 0.25) is 0 Å². The van der Waals surface area contributed by atoms with Crippen LogP contribution in [-0.4, -0.2) is 35.5 Å². The molecule has 3 saturated carbocycles. The number of methoxy groups -OCH3 is 1. The van der Waals surface area contributed by atoms with Crippen LogP contribution in [0.1, 0.15) is 58.8 Å². The lowest BCUT2D eigenvalue weighted by Gasteiger charge is -2.58. The van der Waals surface area contributed by atoms with E-state index in [1.165, 1.54) is 12.7 Å². The molecule has 0 aromatic carbocycles. The van der Waals surface area contributed by atoms with Crippen molar-refractivity contribution >= 4 is 5.97 Å². The van der Waals surface area contributed by atoms with Gasteiger partial charge in [-0.2, -0.15) is 0 Å². The number of hydrogen-bond acceptors (Lipinski definition) is 4. The lowest BCUT2D eigenvalue weighted by atomic mass is 9.47. The second-order valence-corrected chi connectivity index (χ2v) is 9.49. The molecular formula is C21H32O4. The van der Waals surface area contributed by atoms with E-state index in [-0.39, 0.29) is 34.7 Å². The minimum Gasteiger partial charge on any atom is -0.469 e. The number of hydrogen-bond donors (Lipinski definition) is 2. The van der Waals surface area contributed by atoms with E-state index >= 15 is 0 Å². The van der Waals surface area contributed by atoms with Crippen molar-refractivity contribution in [2.75, 3.05) is 7.11 Å². The summed E-state index contributed by atoms with van der Waals surface area (Å²) >= 11 is 0. The highest BCUT2D eigenvalue weighted by Crippen LogP contribution is 2.65. The van der Waals surface area contributed by atoms with Gasteiger partial charge in [0.15, 0.2) is 0 Å².